The minimum atomic E-state index is 0.524. The molecule has 2 aromatic rings. The smallest absolute Gasteiger partial charge is 0.119 e. The maximum atomic E-state index is 5.54. The predicted molar refractivity (Wildman–Crippen MR) is 129 cm³/mol. The number of para-hydroxylation sites is 2. The van der Waals surface area contributed by atoms with E-state index < -0.39 is 0 Å². The van der Waals surface area contributed by atoms with E-state index in [4.69, 9.17) is 37.9 Å². The van der Waals surface area contributed by atoms with Gasteiger partial charge in [0.15, 0.2) is 0 Å². The summed E-state index contributed by atoms with van der Waals surface area (Å²) in [5, 5.41) is 0. The van der Waals surface area contributed by atoms with Crippen molar-refractivity contribution in [1.29, 1.82) is 0 Å². The first-order chi connectivity index (χ1) is 16.9. The number of benzene rings is 2. The van der Waals surface area contributed by atoms with Crippen LogP contribution in [0.15, 0.2) is 60.7 Å². The van der Waals surface area contributed by atoms with Crippen molar-refractivity contribution in [3.05, 3.63) is 60.7 Å². The van der Waals surface area contributed by atoms with Crippen LogP contribution in [-0.2, 0) is 28.4 Å². The highest BCUT2D eigenvalue weighted by Gasteiger charge is 1.96. The summed E-state index contributed by atoms with van der Waals surface area (Å²) < 4.78 is 43.8. The van der Waals surface area contributed by atoms with Crippen LogP contribution in [0, 0.1) is 0 Å². The summed E-state index contributed by atoms with van der Waals surface area (Å²) in [5.41, 5.74) is 0. The van der Waals surface area contributed by atoms with Gasteiger partial charge < -0.3 is 37.9 Å². The fraction of sp³-hybridized carbons (Fsp3) is 0.538. The molecule has 0 aliphatic heterocycles. The van der Waals surface area contributed by atoms with Crippen molar-refractivity contribution < 1.29 is 37.9 Å². The lowest BCUT2D eigenvalue weighted by Gasteiger charge is -2.09. The van der Waals surface area contributed by atoms with Crippen LogP contribution in [0.4, 0.5) is 0 Å². The topological polar surface area (TPSA) is 73.8 Å². The fourth-order valence-corrected chi connectivity index (χ4v) is 2.67. The van der Waals surface area contributed by atoms with Crippen molar-refractivity contribution in [2.75, 3.05) is 92.5 Å². The molecular weight excluding hydrogens is 440 g/mol. The monoisotopic (exact) mass is 478 g/mol. The van der Waals surface area contributed by atoms with E-state index >= 15 is 0 Å². The van der Waals surface area contributed by atoms with Gasteiger partial charge >= 0.3 is 0 Å². The van der Waals surface area contributed by atoms with Crippen LogP contribution in [0.1, 0.15) is 0 Å². The third kappa shape index (κ3) is 16.4. The van der Waals surface area contributed by atoms with E-state index in [1.54, 1.807) is 0 Å². The van der Waals surface area contributed by atoms with Gasteiger partial charge in [0.2, 0.25) is 0 Å². The van der Waals surface area contributed by atoms with Gasteiger partial charge in [0, 0.05) is 0 Å². The quantitative estimate of drug-likeness (QED) is 0.226. The van der Waals surface area contributed by atoms with Gasteiger partial charge in [-0.15, -0.1) is 0 Å². The first-order valence-corrected chi connectivity index (χ1v) is 11.8. The third-order valence-corrected chi connectivity index (χ3v) is 4.34. The van der Waals surface area contributed by atoms with Gasteiger partial charge in [0.25, 0.3) is 0 Å². The van der Waals surface area contributed by atoms with E-state index in [1.807, 2.05) is 60.7 Å². The molecule has 0 saturated carbocycles. The summed E-state index contributed by atoms with van der Waals surface area (Å²) in [7, 11) is 0. The molecule has 0 atom stereocenters. The Morgan fingerprint density at radius 3 is 0.794 bits per heavy atom. The zero-order valence-corrected chi connectivity index (χ0v) is 19.9. The van der Waals surface area contributed by atoms with Gasteiger partial charge in [-0.2, -0.15) is 0 Å². The van der Waals surface area contributed by atoms with Crippen molar-refractivity contribution in [2.45, 2.75) is 0 Å². The molecule has 2 rings (SSSR count). The normalized spacial score (nSPS) is 10.9. The lowest BCUT2D eigenvalue weighted by atomic mass is 10.3. The van der Waals surface area contributed by atoms with Crippen LogP contribution in [-0.4, -0.2) is 92.5 Å². The van der Waals surface area contributed by atoms with Crippen LogP contribution in [0.5, 0.6) is 11.5 Å². The zero-order valence-electron chi connectivity index (χ0n) is 19.9. The summed E-state index contributed by atoms with van der Waals surface area (Å²) in [6.45, 7) is 7.44. The van der Waals surface area contributed by atoms with Crippen LogP contribution in [0.2, 0.25) is 0 Å². The standard InChI is InChI=1S/C26H38O8/c1-3-7-25(8-4-1)33-23-21-31-19-17-29-15-13-27-11-12-28-14-16-30-18-20-32-22-24-34-26-9-5-2-6-10-26/h1-10H,11-24H2. The minimum Gasteiger partial charge on any atom is -0.491 e. The zero-order chi connectivity index (χ0) is 23.8. The Morgan fingerprint density at radius 1 is 0.294 bits per heavy atom. The first kappa shape index (κ1) is 28.0. The third-order valence-electron chi connectivity index (χ3n) is 4.34. The maximum absolute atomic E-state index is 5.54. The molecule has 0 spiro atoms. The second-order valence-electron chi connectivity index (χ2n) is 7.00. The molecule has 8 heteroatoms. The largest absolute Gasteiger partial charge is 0.491 e. The highest BCUT2D eigenvalue weighted by molar-refractivity contribution is 5.21. The Morgan fingerprint density at radius 2 is 0.529 bits per heavy atom. The summed E-state index contributed by atoms with van der Waals surface area (Å²) in [4.78, 5) is 0. The Balaban J connectivity index is 1.19. The van der Waals surface area contributed by atoms with Crippen LogP contribution < -0.4 is 9.47 Å². The van der Waals surface area contributed by atoms with E-state index in [0.29, 0.717) is 92.5 Å². The average molecular weight is 479 g/mol. The molecule has 0 aliphatic carbocycles. The number of hydrogen-bond donors (Lipinski definition) is 0. The highest BCUT2D eigenvalue weighted by atomic mass is 16.6. The van der Waals surface area contributed by atoms with E-state index in [1.165, 1.54) is 0 Å². The Labute approximate surface area is 203 Å². The molecule has 0 heterocycles. The second kappa shape index (κ2) is 21.3. The molecule has 0 bridgehead atoms. The van der Waals surface area contributed by atoms with E-state index in [-0.39, 0.29) is 0 Å². The number of hydrogen-bond acceptors (Lipinski definition) is 8. The van der Waals surface area contributed by atoms with E-state index in [9.17, 15) is 0 Å². The van der Waals surface area contributed by atoms with Crippen molar-refractivity contribution >= 4 is 0 Å². The lowest BCUT2D eigenvalue weighted by molar-refractivity contribution is -0.0187. The number of rotatable bonds is 23. The predicted octanol–water partition coefficient (Wildman–Crippen LogP) is 3.24. The Kier molecular flexibility index (Phi) is 17.6. The van der Waals surface area contributed by atoms with E-state index in [2.05, 4.69) is 0 Å². The SMILES string of the molecule is c1ccc(OCCOCCOCCOCCOCCOCCOCCOc2ccccc2)cc1. The van der Waals surface area contributed by atoms with E-state index in [0.717, 1.165) is 11.5 Å². The van der Waals surface area contributed by atoms with Gasteiger partial charge in [0.1, 0.15) is 24.7 Å². The van der Waals surface area contributed by atoms with Crippen LogP contribution in [0.25, 0.3) is 0 Å². The molecule has 34 heavy (non-hydrogen) atoms. The first-order valence-electron chi connectivity index (χ1n) is 11.8. The molecule has 0 fully saturated rings. The fourth-order valence-electron chi connectivity index (χ4n) is 2.67. The Bertz CT molecular complexity index is 612. The molecule has 0 radical (unpaired) electrons. The summed E-state index contributed by atoms with van der Waals surface area (Å²) in [6, 6.07) is 19.4. The average Bonchev–Trinajstić information content (AvgIpc) is 2.88. The highest BCUT2D eigenvalue weighted by Crippen LogP contribution is 2.08. The molecular formula is C26H38O8. The summed E-state index contributed by atoms with van der Waals surface area (Å²) >= 11 is 0. The molecule has 0 unspecified atom stereocenters. The molecule has 8 nitrogen and oxygen atoms in total. The summed E-state index contributed by atoms with van der Waals surface area (Å²) in [6.07, 6.45) is 0. The second-order valence-corrected chi connectivity index (χ2v) is 7.00. The molecule has 0 saturated heterocycles. The maximum Gasteiger partial charge on any atom is 0.119 e. The molecule has 0 aromatic heterocycles. The molecule has 0 N–H and O–H groups in total. The van der Waals surface area contributed by atoms with Crippen molar-refractivity contribution in [1.82, 2.24) is 0 Å². The van der Waals surface area contributed by atoms with Crippen LogP contribution >= 0.6 is 0 Å². The number of ether oxygens (including phenoxy) is 8. The van der Waals surface area contributed by atoms with Gasteiger partial charge in [-0.05, 0) is 24.3 Å². The Hall–Kier alpha value is -2.20. The summed E-state index contributed by atoms with van der Waals surface area (Å²) in [5.74, 6) is 1.70. The molecule has 0 amide bonds. The van der Waals surface area contributed by atoms with Crippen LogP contribution in [0.3, 0.4) is 0 Å². The lowest BCUT2D eigenvalue weighted by Crippen LogP contribution is -2.15. The van der Waals surface area contributed by atoms with Gasteiger partial charge in [-0.3, -0.25) is 0 Å². The minimum absolute atomic E-state index is 0.524. The van der Waals surface area contributed by atoms with Gasteiger partial charge in [0.05, 0.1) is 79.3 Å². The van der Waals surface area contributed by atoms with Crippen molar-refractivity contribution in [3.63, 3.8) is 0 Å². The molecule has 0 aliphatic rings. The molecule has 190 valence electrons. The van der Waals surface area contributed by atoms with Gasteiger partial charge in [-0.1, -0.05) is 36.4 Å². The van der Waals surface area contributed by atoms with Crippen molar-refractivity contribution in [2.24, 2.45) is 0 Å². The molecule has 2 aromatic carbocycles. The van der Waals surface area contributed by atoms with Gasteiger partial charge in [-0.25, -0.2) is 0 Å². The van der Waals surface area contributed by atoms with Crippen molar-refractivity contribution in [3.8, 4) is 11.5 Å².